The van der Waals surface area contributed by atoms with Crippen LogP contribution in [0.4, 0.5) is 5.69 Å². The van der Waals surface area contributed by atoms with E-state index in [-0.39, 0.29) is 24.3 Å². The molecule has 1 aliphatic carbocycles. The molecule has 0 unspecified atom stereocenters. The number of carbonyl (C=O) groups excluding carboxylic acids is 2. The van der Waals surface area contributed by atoms with Gasteiger partial charge in [-0.1, -0.05) is 29.8 Å². The second kappa shape index (κ2) is 6.88. The molecular weight excluding hydrogens is 276 g/mol. The van der Waals surface area contributed by atoms with E-state index in [4.69, 9.17) is 0 Å². The first kappa shape index (κ1) is 15.0. The highest BCUT2D eigenvalue weighted by molar-refractivity contribution is 6.22. The van der Waals surface area contributed by atoms with Crippen LogP contribution in [0.5, 0.6) is 0 Å². The number of allylic oxidation sites excluding steroid dienone is 1. The number of rotatable bonds is 5. The first-order chi connectivity index (χ1) is 10.8. The minimum Gasteiger partial charge on any atom is -0.305 e. The van der Waals surface area contributed by atoms with Gasteiger partial charge in [0.25, 0.3) is 5.91 Å². The number of benzene rings is 1. The van der Waals surface area contributed by atoms with Gasteiger partial charge >= 0.3 is 0 Å². The summed E-state index contributed by atoms with van der Waals surface area (Å²) in [5, 5.41) is 3.26. The van der Waals surface area contributed by atoms with Crippen LogP contribution in [0.1, 0.15) is 38.5 Å². The summed E-state index contributed by atoms with van der Waals surface area (Å²) >= 11 is 0. The Morgan fingerprint density at radius 1 is 1.14 bits per heavy atom. The molecule has 1 aromatic carbocycles. The highest BCUT2D eigenvalue weighted by atomic mass is 16.2. The Morgan fingerprint density at radius 3 is 2.68 bits per heavy atom. The number of hydrogen-bond donors (Lipinski definition) is 1. The molecule has 22 heavy (non-hydrogen) atoms. The van der Waals surface area contributed by atoms with E-state index in [1.54, 1.807) is 12.1 Å². The Labute approximate surface area is 131 Å². The van der Waals surface area contributed by atoms with E-state index in [1.807, 2.05) is 18.2 Å². The van der Waals surface area contributed by atoms with Gasteiger partial charge in [-0.15, -0.1) is 0 Å². The van der Waals surface area contributed by atoms with Crippen LogP contribution < -0.4 is 10.2 Å². The van der Waals surface area contributed by atoms with Gasteiger partial charge in [-0.25, -0.2) is 4.90 Å². The van der Waals surface area contributed by atoms with Gasteiger partial charge in [0.15, 0.2) is 0 Å². The van der Waals surface area contributed by atoms with Gasteiger partial charge in [0.1, 0.15) is 0 Å². The van der Waals surface area contributed by atoms with Gasteiger partial charge in [-0.3, -0.25) is 9.59 Å². The quantitative estimate of drug-likeness (QED) is 0.672. The molecule has 0 radical (unpaired) electrons. The number of para-hydroxylation sites is 1. The van der Waals surface area contributed by atoms with Gasteiger partial charge in [0, 0.05) is 0 Å². The maximum absolute atomic E-state index is 12.4. The molecule has 4 nitrogen and oxygen atoms in total. The normalized spacial score (nSPS) is 22.1. The third-order valence-corrected chi connectivity index (χ3v) is 4.38. The predicted octanol–water partition coefficient (Wildman–Crippen LogP) is 2.80. The molecule has 2 amide bonds. The molecule has 1 heterocycles. The van der Waals surface area contributed by atoms with E-state index in [0.29, 0.717) is 5.69 Å². The lowest BCUT2D eigenvalue weighted by Gasteiger charge is -2.16. The fraction of sp³-hybridized carbons (Fsp3) is 0.444. The summed E-state index contributed by atoms with van der Waals surface area (Å²) in [6.45, 7) is 0.762. The van der Waals surface area contributed by atoms with Crippen LogP contribution in [-0.4, -0.2) is 24.4 Å². The Balaban J connectivity index is 1.56. The molecule has 1 N–H and O–H groups in total. The summed E-state index contributed by atoms with van der Waals surface area (Å²) in [5.41, 5.74) is 2.15. The molecule has 0 spiro atoms. The van der Waals surface area contributed by atoms with Crippen molar-refractivity contribution in [1.29, 1.82) is 0 Å². The lowest BCUT2D eigenvalue weighted by molar-refractivity contribution is -0.121. The molecule has 1 saturated heterocycles. The molecule has 0 bridgehead atoms. The molecule has 1 atom stereocenters. The van der Waals surface area contributed by atoms with Crippen molar-refractivity contribution in [3.05, 3.63) is 42.0 Å². The van der Waals surface area contributed by atoms with Gasteiger partial charge in [-0.05, 0) is 50.8 Å². The monoisotopic (exact) mass is 298 g/mol. The van der Waals surface area contributed by atoms with Crippen molar-refractivity contribution < 1.29 is 9.59 Å². The number of anilines is 1. The highest BCUT2D eigenvalue weighted by Crippen LogP contribution is 2.23. The van der Waals surface area contributed by atoms with Crippen LogP contribution in [-0.2, 0) is 9.59 Å². The van der Waals surface area contributed by atoms with E-state index in [0.717, 1.165) is 13.0 Å². The van der Waals surface area contributed by atoms with Gasteiger partial charge in [0.05, 0.1) is 18.2 Å². The Morgan fingerprint density at radius 2 is 1.95 bits per heavy atom. The van der Waals surface area contributed by atoms with Gasteiger partial charge in [-0.2, -0.15) is 0 Å². The van der Waals surface area contributed by atoms with Crippen LogP contribution in [0, 0.1) is 0 Å². The van der Waals surface area contributed by atoms with Crippen molar-refractivity contribution in [2.24, 2.45) is 0 Å². The maximum Gasteiger partial charge on any atom is 0.251 e. The number of hydrogen-bond acceptors (Lipinski definition) is 3. The highest BCUT2D eigenvalue weighted by Gasteiger charge is 2.38. The number of nitrogens with zero attached hydrogens (tertiary/aromatic N) is 1. The molecule has 0 aromatic heterocycles. The minimum absolute atomic E-state index is 0.120. The van der Waals surface area contributed by atoms with Crippen LogP contribution >= 0.6 is 0 Å². The molecule has 1 fully saturated rings. The fourth-order valence-corrected chi connectivity index (χ4v) is 3.18. The number of carbonyl (C=O) groups is 2. The lowest BCUT2D eigenvalue weighted by Crippen LogP contribution is -2.39. The van der Waals surface area contributed by atoms with Gasteiger partial charge < -0.3 is 5.32 Å². The Kier molecular flexibility index (Phi) is 4.68. The zero-order chi connectivity index (χ0) is 15.4. The summed E-state index contributed by atoms with van der Waals surface area (Å²) in [5.74, 6) is -0.251. The molecule has 2 aliphatic rings. The van der Waals surface area contributed by atoms with Crippen molar-refractivity contribution in [2.75, 3.05) is 11.4 Å². The fourth-order valence-electron chi connectivity index (χ4n) is 3.18. The second-order valence-electron chi connectivity index (χ2n) is 5.97. The standard InChI is InChI=1S/C18H22N2O2/c21-17-13-16(19-12-11-14-7-3-1-4-8-14)18(22)20(17)15-9-5-2-6-10-15/h2,5-7,9-10,16,19H,1,3-4,8,11-13H2/t16-/m1/s1. The minimum atomic E-state index is -0.378. The van der Waals surface area contributed by atoms with Crippen LogP contribution in [0.15, 0.2) is 42.0 Å². The van der Waals surface area contributed by atoms with Crippen molar-refractivity contribution in [1.82, 2.24) is 5.32 Å². The molecule has 116 valence electrons. The molecule has 0 saturated carbocycles. The molecule has 3 rings (SSSR count). The zero-order valence-electron chi connectivity index (χ0n) is 12.8. The molecule has 4 heteroatoms. The van der Waals surface area contributed by atoms with E-state index < -0.39 is 0 Å². The predicted molar refractivity (Wildman–Crippen MR) is 86.5 cm³/mol. The maximum atomic E-state index is 12.4. The van der Waals surface area contributed by atoms with Crippen molar-refractivity contribution in [3.63, 3.8) is 0 Å². The third kappa shape index (κ3) is 3.28. The smallest absolute Gasteiger partial charge is 0.251 e. The van der Waals surface area contributed by atoms with E-state index >= 15 is 0 Å². The third-order valence-electron chi connectivity index (χ3n) is 4.38. The average Bonchev–Trinajstić information content (AvgIpc) is 2.83. The largest absolute Gasteiger partial charge is 0.305 e. The second-order valence-corrected chi connectivity index (χ2v) is 5.97. The van der Waals surface area contributed by atoms with E-state index in [9.17, 15) is 9.59 Å². The topological polar surface area (TPSA) is 49.4 Å². The summed E-state index contributed by atoms with van der Waals surface area (Å²) in [7, 11) is 0. The van der Waals surface area contributed by atoms with Crippen LogP contribution in [0.25, 0.3) is 0 Å². The average molecular weight is 298 g/mol. The lowest BCUT2D eigenvalue weighted by atomic mass is 9.97. The molecule has 1 aliphatic heterocycles. The SMILES string of the molecule is O=C1C[C@@H](NCCC2=CCCCC2)C(=O)N1c1ccccc1. The number of nitrogens with one attached hydrogen (secondary N) is 1. The van der Waals surface area contributed by atoms with Gasteiger partial charge in [0.2, 0.25) is 5.91 Å². The molecule has 1 aromatic rings. The Bertz CT molecular complexity index is 580. The summed E-state index contributed by atoms with van der Waals surface area (Å²) in [4.78, 5) is 25.8. The first-order valence-electron chi connectivity index (χ1n) is 8.09. The van der Waals surface area contributed by atoms with Crippen LogP contribution in [0.2, 0.25) is 0 Å². The first-order valence-corrected chi connectivity index (χ1v) is 8.09. The van der Waals surface area contributed by atoms with E-state index in [2.05, 4.69) is 11.4 Å². The van der Waals surface area contributed by atoms with Crippen molar-refractivity contribution >= 4 is 17.5 Å². The van der Waals surface area contributed by atoms with Crippen molar-refractivity contribution in [2.45, 2.75) is 44.6 Å². The zero-order valence-corrected chi connectivity index (χ0v) is 12.8. The molecular formula is C18H22N2O2. The summed E-state index contributed by atoms with van der Waals surface area (Å²) in [6, 6.07) is 8.77. The van der Waals surface area contributed by atoms with Crippen LogP contribution in [0.3, 0.4) is 0 Å². The Hall–Kier alpha value is -1.94. The number of amides is 2. The van der Waals surface area contributed by atoms with E-state index in [1.165, 1.54) is 36.2 Å². The van der Waals surface area contributed by atoms with Crippen molar-refractivity contribution in [3.8, 4) is 0 Å². The number of imide groups is 1. The summed E-state index contributed by atoms with van der Waals surface area (Å²) < 4.78 is 0. The summed E-state index contributed by atoms with van der Waals surface area (Å²) in [6.07, 6.45) is 8.47.